The Morgan fingerprint density at radius 3 is 2.96 bits per heavy atom. The number of benzene rings is 1. The first-order valence-corrected chi connectivity index (χ1v) is 9.63. The highest BCUT2D eigenvalue weighted by atomic mass is 32.2. The van der Waals surface area contributed by atoms with Gasteiger partial charge in [-0.15, -0.1) is 10.2 Å². The molecule has 1 aliphatic rings. The number of aromatic nitrogens is 2. The number of amides is 1. The van der Waals surface area contributed by atoms with Crippen LogP contribution in [-0.2, 0) is 9.53 Å². The third kappa shape index (κ3) is 4.83. The standard InChI is InChI=1S/C16H20N4O3S2/c1-11(14(21)20-6-8-23-9-7-20)24-16-19-18-15(25-16)17-12-4-3-5-13(10-12)22-2/h3-5,10-11H,6-9H2,1-2H3,(H,17,18). The monoisotopic (exact) mass is 380 g/mol. The molecular weight excluding hydrogens is 360 g/mol. The zero-order valence-corrected chi connectivity index (χ0v) is 15.7. The van der Waals surface area contributed by atoms with Gasteiger partial charge in [-0.2, -0.15) is 0 Å². The third-order valence-electron chi connectivity index (χ3n) is 3.68. The molecule has 1 aromatic heterocycles. The highest BCUT2D eigenvalue weighted by molar-refractivity contribution is 8.02. The highest BCUT2D eigenvalue weighted by Gasteiger charge is 2.24. The van der Waals surface area contributed by atoms with Crippen LogP contribution in [0.5, 0.6) is 5.75 Å². The average Bonchev–Trinajstić information content (AvgIpc) is 3.08. The maximum Gasteiger partial charge on any atom is 0.236 e. The normalized spacial score (nSPS) is 15.7. The molecule has 1 unspecified atom stereocenters. The number of thioether (sulfide) groups is 1. The summed E-state index contributed by atoms with van der Waals surface area (Å²) >= 11 is 2.86. The van der Waals surface area contributed by atoms with E-state index >= 15 is 0 Å². The molecule has 7 nitrogen and oxygen atoms in total. The fraction of sp³-hybridized carbons (Fsp3) is 0.438. The molecular formula is C16H20N4O3S2. The molecule has 1 N–H and O–H groups in total. The maximum atomic E-state index is 12.4. The predicted molar refractivity (Wildman–Crippen MR) is 98.9 cm³/mol. The van der Waals surface area contributed by atoms with E-state index in [2.05, 4.69) is 15.5 Å². The van der Waals surface area contributed by atoms with Crippen LogP contribution < -0.4 is 10.1 Å². The van der Waals surface area contributed by atoms with Crippen molar-refractivity contribution in [2.45, 2.75) is 16.5 Å². The number of morpholine rings is 1. The highest BCUT2D eigenvalue weighted by Crippen LogP contribution is 2.31. The first-order valence-electron chi connectivity index (χ1n) is 7.93. The van der Waals surface area contributed by atoms with Crippen molar-refractivity contribution in [3.8, 4) is 5.75 Å². The average molecular weight is 380 g/mol. The van der Waals surface area contributed by atoms with Crippen molar-refractivity contribution in [1.29, 1.82) is 0 Å². The Balaban J connectivity index is 1.58. The second-order valence-corrected chi connectivity index (χ2v) is 7.99. The second kappa shape index (κ2) is 8.50. The number of carbonyl (C=O) groups is 1. The summed E-state index contributed by atoms with van der Waals surface area (Å²) in [5, 5.41) is 12.0. The van der Waals surface area contributed by atoms with Gasteiger partial charge in [-0.25, -0.2) is 0 Å². The molecule has 1 aromatic carbocycles. The smallest absolute Gasteiger partial charge is 0.236 e. The Hall–Kier alpha value is -1.84. The Morgan fingerprint density at radius 2 is 2.20 bits per heavy atom. The summed E-state index contributed by atoms with van der Waals surface area (Å²) in [5.41, 5.74) is 0.879. The Morgan fingerprint density at radius 1 is 1.40 bits per heavy atom. The molecule has 1 aliphatic heterocycles. The minimum absolute atomic E-state index is 0.116. The summed E-state index contributed by atoms with van der Waals surface area (Å²) in [5.74, 6) is 0.889. The third-order valence-corrected chi connectivity index (χ3v) is 5.69. The van der Waals surface area contributed by atoms with Gasteiger partial charge in [-0.1, -0.05) is 29.2 Å². The topological polar surface area (TPSA) is 76.6 Å². The van der Waals surface area contributed by atoms with Crippen LogP contribution in [0.4, 0.5) is 10.8 Å². The molecule has 1 fully saturated rings. The lowest BCUT2D eigenvalue weighted by Crippen LogP contribution is -2.44. The quantitative estimate of drug-likeness (QED) is 0.772. The largest absolute Gasteiger partial charge is 0.497 e. The van der Waals surface area contributed by atoms with E-state index in [0.29, 0.717) is 31.4 Å². The summed E-state index contributed by atoms with van der Waals surface area (Å²) in [4.78, 5) is 14.3. The first kappa shape index (κ1) is 18.0. The lowest BCUT2D eigenvalue weighted by atomic mass is 10.3. The minimum atomic E-state index is -0.198. The lowest BCUT2D eigenvalue weighted by Gasteiger charge is -2.28. The zero-order valence-electron chi connectivity index (χ0n) is 14.1. The maximum absolute atomic E-state index is 12.4. The van der Waals surface area contributed by atoms with E-state index in [1.165, 1.54) is 23.1 Å². The zero-order chi connectivity index (χ0) is 17.6. The van der Waals surface area contributed by atoms with Crippen LogP contribution in [0.3, 0.4) is 0 Å². The summed E-state index contributed by atoms with van der Waals surface area (Å²) in [6, 6.07) is 7.60. The van der Waals surface area contributed by atoms with E-state index < -0.39 is 0 Å². The first-order chi connectivity index (χ1) is 12.2. The van der Waals surface area contributed by atoms with E-state index in [9.17, 15) is 4.79 Å². The Kier molecular flexibility index (Phi) is 6.11. The van der Waals surface area contributed by atoms with E-state index in [0.717, 1.165) is 15.8 Å². The fourth-order valence-electron chi connectivity index (χ4n) is 2.37. The SMILES string of the molecule is COc1cccc(Nc2nnc(SC(C)C(=O)N3CCOCC3)s2)c1. The number of anilines is 2. The molecule has 2 heterocycles. The molecule has 25 heavy (non-hydrogen) atoms. The van der Waals surface area contributed by atoms with E-state index in [-0.39, 0.29) is 11.2 Å². The van der Waals surface area contributed by atoms with Gasteiger partial charge in [0.2, 0.25) is 11.0 Å². The Bertz CT molecular complexity index is 719. The van der Waals surface area contributed by atoms with Crippen molar-refractivity contribution in [3.05, 3.63) is 24.3 Å². The van der Waals surface area contributed by atoms with Crippen molar-refractivity contribution in [2.24, 2.45) is 0 Å². The van der Waals surface area contributed by atoms with E-state index in [4.69, 9.17) is 9.47 Å². The van der Waals surface area contributed by atoms with Crippen LogP contribution in [0, 0.1) is 0 Å². The minimum Gasteiger partial charge on any atom is -0.497 e. The van der Waals surface area contributed by atoms with Gasteiger partial charge in [0, 0.05) is 24.8 Å². The number of nitrogens with zero attached hydrogens (tertiary/aromatic N) is 3. The van der Waals surface area contributed by atoms with Crippen LogP contribution in [0.25, 0.3) is 0 Å². The van der Waals surface area contributed by atoms with E-state index in [1.807, 2.05) is 36.1 Å². The number of methoxy groups -OCH3 is 1. The van der Waals surface area contributed by atoms with Gasteiger partial charge >= 0.3 is 0 Å². The van der Waals surface area contributed by atoms with Crippen molar-refractivity contribution in [1.82, 2.24) is 15.1 Å². The number of hydrogen-bond donors (Lipinski definition) is 1. The van der Waals surface area contributed by atoms with Gasteiger partial charge in [0.1, 0.15) is 5.75 Å². The van der Waals surface area contributed by atoms with E-state index in [1.54, 1.807) is 7.11 Å². The number of carbonyl (C=O) groups excluding carboxylic acids is 1. The molecule has 0 aliphatic carbocycles. The van der Waals surface area contributed by atoms with Crippen LogP contribution in [0.2, 0.25) is 0 Å². The summed E-state index contributed by atoms with van der Waals surface area (Å²) in [6.45, 7) is 4.43. The predicted octanol–water partition coefficient (Wildman–Crippen LogP) is 2.63. The lowest BCUT2D eigenvalue weighted by molar-refractivity contribution is -0.134. The number of nitrogens with one attached hydrogen (secondary N) is 1. The van der Waals surface area contributed by atoms with Crippen LogP contribution in [0.1, 0.15) is 6.92 Å². The molecule has 2 aromatic rings. The van der Waals surface area contributed by atoms with Crippen molar-refractivity contribution >= 4 is 39.8 Å². The van der Waals surface area contributed by atoms with Crippen molar-refractivity contribution in [2.75, 3.05) is 38.7 Å². The van der Waals surface area contributed by atoms with Gasteiger partial charge in [0.05, 0.1) is 25.6 Å². The van der Waals surface area contributed by atoms with Gasteiger partial charge < -0.3 is 19.7 Å². The number of hydrogen-bond acceptors (Lipinski definition) is 8. The fourth-order valence-corrected chi connectivity index (χ4v) is 4.37. The molecule has 0 radical (unpaired) electrons. The summed E-state index contributed by atoms with van der Waals surface area (Å²) in [6.07, 6.45) is 0. The molecule has 0 bridgehead atoms. The van der Waals surface area contributed by atoms with Gasteiger partial charge in [-0.05, 0) is 19.1 Å². The molecule has 0 spiro atoms. The molecule has 0 saturated carbocycles. The molecule has 9 heteroatoms. The van der Waals surface area contributed by atoms with Crippen LogP contribution in [-0.4, -0.2) is 59.7 Å². The molecule has 1 atom stereocenters. The van der Waals surface area contributed by atoms with Crippen molar-refractivity contribution in [3.63, 3.8) is 0 Å². The molecule has 1 saturated heterocycles. The summed E-state index contributed by atoms with van der Waals surface area (Å²) < 4.78 is 11.3. The molecule has 3 rings (SSSR count). The summed E-state index contributed by atoms with van der Waals surface area (Å²) in [7, 11) is 1.63. The molecule has 1 amide bonds. The second-order valence-electron chi connectivity index (χ2n) is 5.43. The van der Waals surface area contributed by atoms with Crippen molar-refractivity contribution < 1.29 is 14.3 Å². The van der Waals surface area contributed by atoms with Gasteiger partial charge in [0.15, 0.2) is 4.34 Å². The number of rotatable bonds is 6. The molecule has 134 valence electrons. The van der Waals surface area contributed by atoms with Gasteiger partial charge in [-0.3, -0.25) is 4.79 Å². The van der Waals surface area contributed by atoms with Gasteiger partial charge in [0.25, 0.3) is 0 Å². The van der Waals surface area contributed by atoms with Crippen LogP contribution >= 0.6 is 23.1 Å². The van der Waals surface area contributed by atoms with Crippen LogP contribution in [0.15, 0.2) is 28.6 Å². The number of ether oxygens (including phenoxy) is 2. The Labute approximate surface area is 154 Å².